The first-order valence-corrected chi connectivity index (χ1v) is 4.46. The lowest BCUT2D eigenvalue weighted by molar-refractivity contribution is 0.112. The molecule has 0 bridgehead atoms. The molecule has 4 nitrogen and oxygen atoms in total. The van der Waals surface area contributed by atoms with Gasteiger partial charge in [-0.05, 0) is 12.1 Å². The van der Waals surface area contributed by atoms with Gasteiger partial charge in [0.15, 0.2) is 0 Å². The maximum atomic E-state index is 10.4. The van der Waals surface area contributed by atoms with Crippen LogP contribution in [0.2, 0.25) is 0 Å². The van der Waals surface area contributed by atoms with E-state index < -0.39 is 10.1 Å². The van der Waals surface area contributed by atoms with Gasteiger partial charge in [-0.15, -0.1) is 0 Å². The maximum Gasteiger partial charge on any atom is 0.324 e. The van der Waals surface area contributed by atoms with Crippen molar-refractivity contribution in [3.05, 3.63) is 29.8 Å². The van der Waals surface area contributed by atoms with E-state index in [0.717, 1.165) is 12.1 Å². The average molecular weight is 185 g/mol. The molecule has 0 unspecified atom stereocenters. The van der Waals surface area contributed by atoms with E-state index in [1.54, 1.807) is 0 Å². The van der Waals surface area contributed by atoms with Gasteiger partial charge in [-0.2, -0.15) is 8.42 Å². The van der Waals surface area contributed by atoms with Crippen LogP contribution in [-0.4, -0.2) is 14.7 Å². The molecule has 0 heterocycles. The minimum atomic E-state index is -4.44. The Morgan fingerprint density at radius 3 is 2.42 bits per heavy atom. The van der Waals surface area contributed by atoms with Gasteiger partial charge in [0.05, 0.1) is 4.90 Å². The predicted octanol–water partition coefficient (Wildman–Crippen LogP) is 0.618. The third-order valence-corrected chi connectivity index (χ3v) is 2.11. The summed E-state index contributed by atoms with van der Waals surface area (Å²) in [6, 6.07) is 4.95. The summed E-state index contributed by atoms with van der Waals surface area (Å²) < 4.78 is 31.3. The second kappa shape index (κ2) is 3.04. The molecule has 0 aliphatic rings. The summed E-state index contributed by atoms with van der Waals surface area (Å²) in [5.74, 6) is 0. The molecule has 0 N–H and O–H groups in total. The zero-order valence-corrected chi connectivity index (χ0v) is 6.74. The summed E-state index contributed by atoms with van der Waals surface area (Å²) in [5, 5.41) is 0. The van der Waals surface area contributed by atoms with E-state index in [0.29, 0.717) is 6.29 Å². The lowest BCUT2D eigenvalue weighted by Crippen LogP contribution is -1.96. The Morgan fingerprint density at radius 2 is 1.92 bits per heavy atom. The van der Waals surface area contributed by atoms with E-state index in [-0.39, 0.29) is 10.5 Å². The van der Waals surface area contributed by atoms with Crippen molar-refractivity contribution in [2.45, 2.75) is 4.90 Å². The van der Waals surface area contributed by atoms with E-state index in [1.807, 2.05) is 0 Å². The third kappa shape index (κ3) is 1.90. The minimum Gasteiger partial charge on any atom is -0.298 e. The van der Waals surface area contributed by atoms with Gasteiger partial charge < -0.3 is 0 Å². The number of carbonyl (C=O) groups excluding carboxylic acids is 1. The van der Waals surface area contributed by atoms with Crippen LogP contribution in [0.5, 0.6) is 0 Å². The van der Waals surface area contributed by atoms with Gasteiger partial charge >= 0.3 is 10.1 Å². The fourth-order valence-corrected chi connectivity index (χ4v) is 1.27. The summed E-state index contributed by atoms with van der Waals surface area (Å²) in [4.78, 5) is 9.81. The fraction of sp³-hybridized carbons (Fsp3) is 0. The standard InChI is InChI=1S/C7H5O4S/c8-5-6-2-1-3-7(4-6)12(9,10)11/h1-5H. The number of benzene rings is 1. The summed E-state index contributed by atoms with van der Waals surface area (Å²) in [6.45, 7) is 0. The number of hydrogen-bond acceptors (Lipinski definition) is 3. The molecule has 0 saturated carbocycles. The molecular weight excluding hydrogens is 180 g/mol. The first-order chi connectivity index (χ1) is 5.54. The van der Waals surface area contributed by atoms with Gasteiger partial charge in [0.25, 0.3) is 0 Å². The second-order valence-electron chi connectivity index (χ2n) is 2.14. The predicted molar refractivity (Wildman–Crippen MR) is 39.7 cm³/mol. The molecule has 0 aliphatic carbocycles. The van der Waals surface area contributed by atoms with E-state index in [1.165, 1.54) is 12.1 Å². The summed E-state index contributed by atoms with van der Waals surface area (Å²) >= 11 is 0. The maximum absolute atomic E-state index is 10.4. The zero-order valence-electron chi connectivity index (χ0n) is 5.93. The SMILES string of the molecule is [O]S(=O)(=O)c1cccc(C=O)c1. The largest absolute Gasteiger partial charge is 0.324 e. The van der Waals surface area contributed by atoms with Crippen molar-refractivity contribution >= 4 is 16.4 Å². The van der Waals surface area contributed by atoms with Crippen molar-refractivity contribution in [2.24, 2.45) is 0 Å². The van der Waals surface area contributed by atoms with Crippen LogP contribution in [0.4, 0.5) is 0 Å². The molecule has 1 aromatic rings. The molecule has 1 aromatic carbocycles. The van der Waals surface area contributed by atoms with E-state index in [4.69, 9.17) is 0 Å². The van der Waals surface area contributed by atoms with Crippen molar-refractivity contribution in [1.82, 2.24) is 0 Å². The molecule has 63 valence electrons. The number of carbonyl (C=O) groups is 1. The molecule has 5 heteroatoms. The van der Waals surface area contributed by atoms with Crippen LogP contribution in [0.3, 0.4) is 0 Å². The van der Waals surface area contributed by atoms with Crippen LogP contribution in [0.25, 0.3) is 0 Å². The van der Waals surface area contributed by atoms with Crippen LogP contribution >= 0.6 is 0 Å². The number of rotatable bonds is 2. The Labute approximate surface area is 69.6 Å². The highest BCUT2D eigenvalue weighted by Crippen LogP contribution is 2.09. The molecule has 1 rings (SSSR count). The Hall–Kier alpha value is -1.20. The Balaban J connectivity index is 3.29. The van der Waals surface area contributed by atoms with Gasteiger partial charge in [0, 0.05) is 5.56 Å². The Bertz CT molecular complexity index is 394. The van der Waals surface area contributed by atoms with Crippen LogP contribution in [-0.2, 0) is 14.7 Å². The number of aldehydes is 1. The molecule has 0 saturated heterocycles. The molecule has 0 aromatic heterocycles. The van der Waals surface area contributed by atoms with E-state index >= 15 is 0 Å². The van der Waals surface area contributed by atoms with Gasteiger partial charge in [0.1, 0.15) is 6.29 Å². The third-order valence-electron chi connectivity index (χ3n) is 1.28. The van der Waals surface area contributed by atoms with Crippen LogP contribution < -0.4 is 0 Å². The van der Waals surface area contributed by atoms with Crippen molar-refractivity contribution in [1.29, 1.82) is 0 Å². The second-order valence-corrected chi connectivity index (χ2v) is 3.52. The molecular formula is C7H5O4S. The Kier molecular flexibility index (Phi) is 2.25. The molecule has 0 spiro atoms. The topological polar surface area (TPSA) is 71.1 Å². The molecule has 0 fully saturated rings. The lowest BCUT2D eigenvalue weighted by Gasteiger charge is -1.94. The van der Waals surface area contributed by atoms with E-state index in [9.17, 15) is 17.8 Å². The van der Waals surface area contributed by atoms with Gasteiger partial charge in [-0.3, -0.25) is 4.79 Å². The normalized spacial score (nSPS) is 11.1. The summed E-state index contributed by atoms with van der Waals surface area (Å²) in [6.07, 6.45) is 0.481. The van der Waals surface area contributed by atoms with Crippen LogP contribution in [0.15, 0.2) is 29.2 Å². The van der Waals surface area contributed by atoms with Crippen molar-refractivity contribution in [3.8, 4) is 0 Å². The highest BCUT2D eigenvalue weighted by atomic mass is 32.2. The highest BCUT2D eigenvalue weighted by Gasteiger charge is 2.10. The Morgan fingerprint density at radius 1 is 1.25 bits per heavy atom. The van der Waals surface area contributed by atoms with Gasteiger partial charge in [0.2, 0.25) is 0 Å². The van der Waals surface area contributed by atoms with E-state index in [2.05, 4.69) is 0 Å². The average Bonchev–Trinajstić information content (AvgIpc) is 2.03. The molecule has 12 heavy (non-hydrogen) atoms. The highest BCUT2D eigenvalue weighted by molar-refractivity contribution is 7.85. The van der Waals surface area contributed by atoms with Crippen molar-refractivity contribution < 1.29 is 17.8 Å². The molecule has 0 aliphatic heterocycles. The minimum absolute atomic E-state index is 0.173. The van der Waals surface area contributed by atoms with Gasteiger partial charge in [-0.1, -0.05) is 16.7 Å². The first-order valence-electron chi connectivity index (χ1n) is 3.05. The molecule has 1 radical (unpaired) electrons. The summed E-state index contributed by atoms with van der Waals surface area (Å²) in [5.41, 5.74) is 0.173. The summed E-state index contributed by atoms with van der Waals surface area (Å²) in [7, 11) is -4.44. The first kappa shape index (κ1) is 8.89. The van der Waals surface area contributed by atoms with Crippen molar-refractivity contribution in [3.63, 3.8) is 0 Å². The smallest absolute Gasteiger partial charge is 0.298 e. The molecule has 0 atom stereocenters. The van der Waals surface area contributed by atoms with Crippen LogP contribution in [0, 0.1) is 0 Å². The monoisotopic (exact) mass is 185 g/mol. The molecule has 0 amide bonds. The van der Waals surface area contributed by atoms with Crippen LogP contribution in [0.1, 0.15) is 10.4 Å². The van der Waals surface area contributed by atoms with Crippen molar-refractivity contribution in [2.75, 3.05) is 0 Å². The lowest BCUT2D eigenvalue weighted by atomic mass is 10.2. The quantitative estimate of drug-likeness (QED) is 0.634. The number of hydrogen-bond donors (Lipinski definition) is 0. The zero-order chi connectivity index (χ0) is 9.19. The van der Waals surface area contributed by atoms with Gasteiger partial charge in [-0.25, -0.2) is 0 Å². The fourth-order valence-electron chi connectivity index (χ4n) is 0.743.